The first-order chi connectivity index (χ1) is 8.38. The van der Waals surface area contributed by atoms with Crippen molar-refractivity contribution in [2.75, 3.05) is 12.4 Å². The van der Waals surface area contributed by atoms with E-state index in [2.05, 4.69) is 6.92 Å². The summed E-state index contributed by atoms with van der Waals surface area (Å²) < 4.78 is 27.0. The number of ether oxygens (including phenoxy) is 1. The summed E-state index contributed by atoms with van der Waals surface area (Å²) in [5, 5.41) is 4.91. The molecule has 0 unspecified atom stereocenters. The summed E-state index contributed by atoms with van der Waals surface area (Å²) in [4.78, 5) is 0. The molecule has 1 rings (SSSR count). The van der Waals surface area contributed by atoms with Gasteiger partial charge in [0.15, 0.2) is 0 Å². The van der Waals surface area contributed by atoms with Gasteiger partial charge in [0.2, 0.25) is 10.0 Å². The summed E-state index contributed by atoms with van der Waals surface area (Å²) in [5.74, 6) is 0.918. The molecule has 0 heterocycles. The van der Waals surface area contributed by atoms with E-state index in [0.717, 1.165) is 18.6 Å². The van der Waals surface area contributed by atoms with Crippen LogP contribution in [0.2, 0.25) is 0 Å². The summed E-state index contributed by atoms with van der Waals surface area (Å²) in [7, 11) is -3.31. The van der Waals surface area contributed by atoms with Crippen molar-refractivity contribution in [1.29, 1.82) is 0 Å². The molecule has 5 heteroatoms. The molecule has 18 heavy (non-hydrogen) atoms. The molecule has 0 aromatic heterocycles. The van der Waals surface area contributed by atoms with E-state index in [1.807, 2.05) is 25.1 Å². The van der Waals surface area contributed by atoms with Gasteiger partial charge in [0, 0.05) is 0 Å². The minimum atomic E-state index is -3.31. The first-order valence-electron chi connectivity index (χ1n) is 6.09. The summed E-state index contributed by atoms with van der Waals surface area (Å²) in [6, 6.07) is 6.00. The van der Waals surface area contributed by atoms with Gasteiger partial charge >= 0.3 is 0 Å². The van der Waals surface area contributed by atoms with Crippen molar-refractivity contribution >= 4 is 10.0 Å². The van der Waals surface area contributed by atoms with E-state index in [-0.39, 0.29) is 5.75 Å². The van der Waals surface area contributed by atoms with E-state index in [1.54, 1.807) is 0 Å². The lowest BCUT2D eigenvalue weighted by atomic mass is 10.1. The third-order valence-corrected chi connectivity index (χ3v) is 3.68. The van der Waals surface area contributed by atoms with Crippen molar-refractivity contribution in [1.82, 2.24) is 0 Å². The van der Waals surface area contributed by atoms with Crippen LogP contribution in [0.4, 0.5) is 0 Å². The quantitative estimate of drug-likeness (QED) is 0.772. The van der Waals surface area contributed by atoms with Crippen LogP contribution in [0.15, 0.2) is 18.2 Å². The number of primary sulfonamides is 1. The van der Waals surface area contributed by atoms with Crippen molar-refractivity contribution in [2.45, 2.75) is 33.1 Å². The number of sulfonamides is 1. The van der Waals surface area contributed by atoms with Gasteiger partial charge in [0.25, 0.3) is 0 Å². The normalized spacial score (nSPS) is 11.5. The van der Waals surface area contributed by atoms with Gasteiger partial charge in [-0.15, -0.1) is 0 Å². The number of hydrogen-bond donors (Lipinski definition) is 1. The first-order valence-corrected chi connectivity index (χ1v) is 7.80. The number of hydrogen-bond acceptors (Lipinski definition) is 3. The second-order valence-electron chi connectivity index (χ2n) is 4.52. The monoisotopic (exact) mass is 271 g/mol. The highest BCUT2D eigenvalue weighted by atomic mass is 32.2. The van der Waals surface area contributed by atoms with Gasteiger partial charge in [-0.25, -0.2) is 13.6 Å². The van der Waals surface area contributed by atoms with Gasteiger partial charge in [-0.2, -0.15) is 0 Å². The number of aryl methyl sites for hydroxylation is 2. The van der Waals surface area contributed by atoms with Crippen molar-refractivity contribution in [3.63, 3.8) is 0 Å². The van der Waals surface area contributed by atoms with Crippen LogP contribution in [0.25, 0.3) is 0 Å². The molecule has 0 aliphatic carbocycles. The maximum absolute atomic E-state index is 10.7. The van der Waals surface area contributed by atoms with E-state index in [1.165, 1.54) is 11.1 Å². The highest BCUT2D eigenvalue weighted by molar-refractivity contribution is 7.89. The molecule has 0 spiro atoms. The van der Waals surface area contributed by atoms with Crippen LogP contribution in [0, 0.1) is 13.8 Å². The molecular formula is C13H21NO3S. The van der Waals surface area contributed by atoms with Crippen LogP contribution in [0.1, 0.15) is 30.4 Å². The maximum atomic E-state index is 10.7. The largest absolute Gasteiger partial charge is 0.494 e. The van der Waals surface area contributed by atoms with E-state index < -0.39 is 10.0 Å². The molecule has 0 atom stereocenters. The summed E-state index contributed by atoms with van der Waals surface area (Å²) in [6.45, 7) is 4.72. The van der Waals surface area contributed by atoms with Crippen molar-refractivity contribution < 1.29 is 13.2 Å². The average molecular weight is 271 g/mol. The Balaban J connectivity index is 2.20. The highest BCUT2D eigenvalue weighted by Crippen LogP contribution is 2.16. The zero-order valence-corrected chi connectivity index (χ0v) is 11.8. The Bertz CT molecular complexity index is 483. The zero-order valence-electron chi connectivity index (χ0n) is 11.0. The molecule has 0 saturated carbocycles. The molecule has 0 saturated heterocycles. The van der Waals surface area contributed by atoms with Gasteiger partial charge in [0.1, 0.15) is 5.75 Å². The highest BCUT2D eigenvalue weighted by Gasteiger charge is 2.02. The molecule has 4 nitrogen and oxygen atoms in total. The Morgan fingerprint density at radius 3 is 2.44 bits per heavy atom. The molecule has 1 aromatic rings. The predicted octanol–water partition coefficient (Wildman–Crippen LogP) is 2.14. The van der Waals surface area contributed by atoms with E-state index >= 15 is 0 Å². The lowest BCUT2D eigenvalue weighted by molar-refractivity contribution is 0.306. The van der Waals surface area contributed by atoms with Crippen LogP contribution in [-0.2, 0) is 10.0 Å². The third-order valence-electron chi connectivity index (χ3n) is 2.82. The first kappa shape index (κ1) is 15.0. The second-order valence-corrected chi connectivity index (χ2v) is 6.26. The number of rotatable bonds is 7. The van der Waals surface area contributed by atoms with Gasteiger partial charge in [-0.3, -0.25) is 0 Å². The molecule has 0 bridgehead atoms. The molecule has 102 valence electrons. The van der Waals surface area contributed by atoms with E-state index in [4.69, 9.17) is 9.88 Å². The third kappa shape index (κ3) is 6.02. The van der Waals surface area contributed by atoms with Gasteiger partial charge in [0.05, 0.1) is 12.4 Å². The maximum Gasteiger partial charge on any atom is 0.209 e. The minimum Gasteiger partial charge on any atom is -0.494 e. The Kier molecular flexibility index (Phi) is 5.62. The molecule has 0 amide bonds. The van der Waals surface area contributed by atoms with Gasteiger partial charge < -0.3 is 4.74 Å². The standard InChI is InChI=1S/C13H21NO3S/c1-11-6-7-13(10-12(11)2)17-8-4-3-5-9-18(14,15)16/h6-7,10H,3-5,8-9H2,1-2H3,(H2,14,15,16). The van der Waals surface area contributed by atoms with Crippen LogP contribution >= 0.6 is 0 Å². The zero-order chi connectivity index (χ0) is 13.6. The van der Waals surface area contributed by atoms with Crippen molar-refractivity contribution in [3.05, 3.63) is 29.3 Å². The topological polar surface area (TPSA) is 69.4 Å². The Labute approximate surface area is 109 Å². The Hall–Kier alpha value is -1.07. The molecule has 2 N–H and O–H groups in total. The Morgan fingerprint density at radius 2 is 1.83 bits per heavy atom. The summed E-state index contributed by atoms with van der Waals surface area (Å²) in [6.07, 6.45) is 2.23. The Morgan fingerprint density at radius 1 is 1.11 bits per heavy atom. The molecule has 1 aromatic carbocycles. The van der Waals surface area contributed by atoms with Crippen molar-refractivity contribution in [2.24, 2.45) is 5.14 Å². The fourth-order valence-corrected chi connectivity index (χ4v) is 2.18. The fourth-order valence-electron chi connectivity index (χ4n) is 1.58. The molecule has 0 fully saturated rings. The molecule has 0 aliphatic heterocycles. The lowest BCUT2D eigenvalue weighted by Gasteiger charge is -2.08. The smallest absolute Gasteiger partial charge is 0.209 e. The molecule has 0 aliphatic rings. The number of benzene rings is 1. The van der Waals surface area contributed by atoms with Crippen LogP contribution < -0.4 is 9.88 Å². The lowest BCUT2D eigenvalue weighted by Crippen LogP contribution is -2.16. The van der Waals surface area contributed by atoms with Gasteiger partial charge in [-0.1, -0.05) is 6.07 Å². The molecule has 0 radical (unpaired) electrons. The minimum absolute atomic E-state index is 0.0522. The van der Waals surface area contributed by atoms with Crippen LogP contribution in [0.5, 0.6) is 5.75 Å². The fraction of sp³-hybridized carbons (Fsp3) is 0.538. The van der Waals surface area contributed by atoms with Crippen LogP contribution in [-0.4, -0.2) is 20.8 Å². The second kappa shape index (κ2) is 6.75. The van der Waals surface area contributed by atoms with E-state index in [9.17, 15) is 8.42 Å². The predicted molar refractivity (Wildman–Crippen MR) is 73.2 cm³/mol. The van der Waals surface area contributed by atoms with E-state index in [0.29, 0.717) is 13.0 Å². The summed E-state index contributed by atoms with van der Waals surface area (Å²) >= 11 is 0. The average Bonchev–Trinajstić information content (AvgIpc) is 2.26. The van der Waals surface area contributed by atoms with Gasteiger partial charge in [-0.05, 0) is 56.4 Å². The number of unbranched alkanes of at least 4 members (excludes halogenated alkanes) is 2. The SMILES string of the molecule is Cc1ccc(OCCCCCS(N)(=O)=O)cc1C. The summed E-state index contributed by atoms with van der Waals surface area (Å²) in [5.41, 5.74) is 2.46. The van der Waals surface area contributed by atoms with Crippen molar-refractivity contribution in [3.8, 4) is 5.75 Å². The van der Waals surface area contributed by atoms with Crippen LogP contribution in [0.3, 0.4) is 0 Å². The number of nitrogens with two attached hydrogens (primary N) is 1. The molecular weight excluding hydrogens is 250 g/mol.